The Kier molecular flexibility index (Phi) is 11.6. The zero-order valence-corrected chi connectivity index (χ0v) is 20.9. The summed E-state index contributed by atoms with van der Waals surface area (Å²) in [7, 11) is 3.49. The van der Waals surface area contributed by atoms with Gasteiger partial charge in [0.25, 0.3) is 5.91 Å². The maximum absolute atomic E-state index is 12.0. The molecule has 0 aromatic heterocycles. The smallest absolute Gasteiger partial charge is 0.253 e. The molecular weight excluding hydrogens is 515 g/mol. The molecule has 164 valence electrons. The van der Waals surface area contributed by atoms with E-state index in [0.29, 0.717) is 29.6 Å². The third-order valence-corrected chi connectivity index (χ3v) is 4.33. The minimum absolute atomic E-state index is 0. The van der Waals surface area contributed by atoms with Gasteiger partial charge in [-0.25, -0.2) is 4.99 Å². The fraction of sp³-hybridized carbons (Fsp3) is 0.364. The van der Waals surface area contributed by atoms with Crippen molar-refractivity contribution in [1.82, 2.24) is 15.5 Å². The summed E-state index contributed by atoms with van der Waals surface area (Å²) in [5.74, 6) is 1.48. The molecule has 0 bridgehead atoms. The van der Waals surface area contributed by atoms with E-state index in [1.807, 2.05) is 50.2 Å². The van der Waals surface area contributed by atoms with Crippen molar-refractivity contribution in [2.45, 2.75) is 26.5 Å². The number of ether oxygens (including phenoxy) is 1. The van der Waals surface area contributed by atoms with Crippen molar-refractivity contribution in [3.8, 4) is 5.75 Å². The molecule has 30 heavy (non-hydrogen) atoms. The van der Waals surface area contributed by atoms with Gasteiger partial charge < -0.3 is 20.3 Å². The molecule has 2 N–H and O–H groups in total. The molecule has 0 aliphatic heterocycles. The van der Waals surface area contributed by atoms with Crippen LogP contribution in [0, 0.1) is 0 Å². The highest BCUT2D eigenvalue weighted by Gasteiger charge is 2.08. The van der Waals surface area contributed by atoms with Gasteiger partial charge in [0.05, 0.1) is 13.1 Å². The highest BCUT2D eigenvalue weighted by molar-refractivity contribution is 14.0. The Balaban J connectivity index is 0.00000450. The van der Waals surface area contributed by atoms with Crippen molar-refractivity contribution in [2.24, 2.45) is 4.99 Å². The summed E-state index contributed by atoms with van der Waals surface area (Å²) in [5, 5.41) is 7.21. The average Bonchev–Trinajstić information content (AvgIpc) is 2.71. The first-order valence-corrected chi connectivity index (χ1v) is 10.0. The van der Waals surface area contributed by atoms with Gasteiger partial charge in [0, 0.05) is 31.2 Å². The maximum atomic E-state index is 12.0. The van der Waals surface area contributed by atoms with Gasteiger partial charge in [-0.05, 0) is 55.8 Å². The molecule has 0 saturated carbocycles. The van der Waals surface area contributed by atoms with Crippen molar-refractivity contribution in [2.75, 3.05) is 27.2 Å². The van der Waals surface area contributed by atoms with E-state index in [1.165, 1.54) is 0 Å². The molecule has 2 aromatic carbocycles. The normalized spacial score (nSPS) is 11.8. The van der Waals surface area contributed by atoms with E-state index in [9.17, 15) is 4.79 Å². The van der Waals surface area contributed by atoms with Crippen LogP contribution in [0.3, 0.4) is 0 Å². The monoisotopic (exact) mass is 544 g/mol. The molecule has 0 fully saturated rings. The lowest BCUT2D eigenvalue weighted by atomic mass is 10.1. The number of aliphatic imine (C=N–C) groups is 1. The Morgan fingerprint density at radius 3 is 2.30 bits per heavy atom. The number of hydrogen-bond acceptors (Lipinski definition) is 3. The summed E-state index contributed by atoms with van der Waals surface area (Å²) in [6.45, 7) is 5.88. The minimum Gasteiger partial charge on any atom is -0.489 e. The highest BCUT2D eigenvalue weighted by atomic mass is 127. The van der Waals surface area contributed by atoms with Gasteiger partial charge in [0.15, 0.2) is 5.96 Å². The van der Waals surface area contributed by atoms with Gasteiger partial charge in [0.2, 0.25) is 0 Å². The van der Waals surface area contributed by atoms with Crippen LogP contribution < -0.4 is 15.4 Å². The van der Waals surface area contributed by atoms with E-state index in [0.717, 1.165) is 17.9 Å². The Labute approximate surface area is 201 Å². The minimum atomic E-state index is -0.0450. The standard InChI is InChI=1S/C22H29ClN4O2.HI/c1-5-24-22(25-14-16(2)29-20-12-10-19(23)11-13-20)26-15-17-6-8-18(9-7-17)21(28)27(3)4;/h6-13,16H,5,14-15H2,1-4H3,(H2,24,25,26);1H. The molecule has 2 aromatic rings. The lowest BCUT2D eigenvalue weighted by molar-refractivity contribution is 0.0827. The molecule has 1 amide bonds. The summed E-state index contributed by atoms with van der Waals surface area (Å²) in [4.78, 5) is 18.1. The molecule has 1 unspecified atom stereocenters. The van der Waals surface area contributed by atoms with Crippen LogP contribution in [0.2, 0.25) is 5.02 Å². The molecule has 0 heterocycles. The number of benzene rings is 2. The van der Waals surface area contributed by atoms with Gasteiger partial charge in [-0.3, -0.25) is 4.79 Å². The van der Waals surface area contributed by atoms with E-state index >= 15 is 0 Å². The van der Waals surface area contributed by atoms with Crippen LogP contribution in [0.5, 0.6) is 5.75 Å². The number of guanidine groups is 1. The Bertz CT molecular complexity index is 811. The van der Waals surface area contributed by atoms with Crippen LogP contribution in [0.4, 0.5) is 0 Å². The van der Waals surface area contributed by atoms with Crippen LogP contribution in [-0.4, -0.2) is 50.1 Å². The lowest BCUT2D eigenvalue weighted by Gasteiger charge is -2.17. The number of rotatable bonds is 8. The number of nitrogens with one attached hydrogen (secondary N) is 2. The first-order chi connectivity index (χ1) is 13.9. The molecule has 2 rings (SSSR count). The van der Waals surface area contributed by atoms with E-state index in [1.54, 1.807) is 31.1 Å². The number of carbonyl (C=O) groups is 1. The summed E-state index contributed by atoms with van der Waals surface area (Å²) >= 11 is 5.90. The fourth-order valence-corrected chi connectivity index (χ4v) is 2.68. The summed E-state index contributed by atoms with van der Waals surface area (Å²) in [6.07, 6.45) is -0.0450. The molecular formula is C22H30ClIN4O2. The molecule has 8 heteroatoms. The number of amides is 1. The molecule has 0 aliphatic rings. The van der Waals surface area contributed by atoms with Crippen LogP contribution in [-0.2, 0) is 6.54 Å². The van der Waals surface area contributed by atoms with Crippen molar-refractivity contribution in [3.05, 3.63) is 64.7 Å². The van der Waals surface area contributed by atoms with E-state index in [4.69, 9.17) is 16.3 Å². The van der Waals surface area contributed by atoms with Crippen LogP contribution >= 0.6 is 35.6 Å². The van der Waals surface area contributed by atoms with Gasteiger partial charge in [-0.15, -0.1) is 24.0 Å². The lowest BCUT2D eigenvalue weighted by Crippen LogP contribution is -2.41. The summed E-state index contributed by atoms with van der Waals surface area (Å²) < 4.78 is 5.88. The Hall–Kier alpha value is -2.00. The van der Waals surface area contributed by atoms with Crippen molar-refractivity contribution < 1.29 is 9.53 Å². The molecule has 1 atom stereocenters. The van der Waals surface area contributed by atoms with Gasteiger partial charge in [-0.1, -0.05) is 23.7 Å². The number of nitrogens with zero attached hydrogens (tertiary/aromatic N) is 2. The van der Waals surface area contributed by atoms with E-state index in [2.05, 4.69) is 15.6 Å². The van der Waals surface area contributed by atoms with E-state index < -0.39 is 0 Å². The number of carbonyl (C=O) groups excluding carboxylic acids is 1. The molecule has 0 saturated heterocycles. The van der Waals surface area contributed by atoms with Crippen LogP contribution in [0.1, 0.15) is 29.8 Å². The van der Waals surface area contributed by atoms with Crippen LogP contribution in [0.25, 0.3) is 0 Å². The molecule has 0 spiro atoms. The SMILES string of the molecule is CCNC(=NCc1ccc(C(=O)N(C)C)cc1)NCC(C)Oc1ccc(Cl)cc1.I. The average molecular weight is 545 g/mol. The zero-order chi connectivity index (χ0) is 21.2. The van der Waals surface area contributed by atoms with Crippen molar-refractivity contribution in [1.29, 1.82) is 0 Å². The summed E-state index contributed by atoms with van der Waals surface area (Å²) in [6, 6.07) is 14.8. The predicted molar refractivity (Wildman–Crippen MR) is 134 cm³/mol. The maximum Gasteiger partial charge on any atom is 0.253 e. The second-order valence-corrected chi connectivity index (χ2v) is 7.29. The predicted octanol–water partition coefficient (Wildman–Crippen LogP) is 4.18. The largest absolute Gasteiger partial charge is 0.489 e. The van der Waals surface area contributed by atoms with Crippen molar-refractivity contribution in [3.63, 3.8) is 0 Å². The Morgan fingerprint density at radius 1 is 1.10 bits per heavy atom. The van der Waals surface area contributed by atoms with Crippen LogP contribution in [0.15, 0.2) is 53.5 Å². The first kappa shape index (κ1) is 26.0. The fourth-order valence-electron chi connectivity index (χ4n) is 2.55. The highest BCUT2D eigenvalue weighted by Crippen LogP contribution is 2.16. The topological polar surface area (TPSA) is 66.0 Å². The number of halogens is 2. The molecule has 0 aliphatic carbocycles. The zero-order valence-electron chi connectivity index (χ0n) is 17.8. The third-order valence-electron chi connectivity index (χ3n) is 4.08. The van der Waals surface area contributed by atoms with Gasteiger partial charge in [0.1, 0.15) is 11.9 Å². The number of hydrogen-bond donors (Lipinski definition) is 2. The second-order valence-electron chi connectivity index (χ2n) is 6.85. The quantitative estimate of drug-likeness (QED) is 0.297. The van der Waals surface area contributed by atoms with Gasteiger partial charge in [-0.2, -0.15) is 0 Å². The molecule has 6 nitrogen and oxygen atoms in total. The van der Waals surface area contributed by atoms with Gasteiger partial charge >= 0.3 is 0 Å². The summed E-state index contributed by atoms with van der Waals surface area (Å²) in [5.41, 5.74) is 1.70. The van der Waals surface area contributed by atoms with E-state index in [-0.39, 0.29) is 36.0 Å². The first-order valence-electron chi connectivity index (χ1n) is 9.64. The second kappa shape index (κ2) is 13.3. The molecule has 0 radical (unpaired) electrons. The van der Waals surface area contributed by atoms with Crippen molar-refractivity contribution >= 4 is 47.4 Å². The third kappa shape index (κ3) is 8.79. The Morgan fingerprint density at radius 2 is 1.73 bits per heavy atom.